The Morgan fingerprint density at radius 3 is 2.86 bits per heavy atom. The van der Waals surface area contributed by atoms with E-state index in [-0.39, 0.29) is 11.7 Å². The highest BCUT2D eigenvalue weighted by Crippen LogP contribution is 2.33. The summed E-state index contributed by atoms with van der Waals surface area (Å²) >= 11 is 3.41. The molecule has 0 aromatic heterocycles. The van der Waals surface area contributed by atoms with Crippen LogP contribution in [0.5, 0.6) is 0 Å². The number of benzene rings is 1. The summed E-state index contributed by atoms with van der Waals surface area (Å²) in [4.78, 5) is 14.4. The quantitative estimate of drug-likeness (QED) is 0.806. The van der Waals surface area contributed by atoms with Crippen molar-refractivity contribution in [3.63, 3.8) is 0 Å². The first kappa shape index (κ1) is 15.2. The lowest BCUT2D eigenvalue weighted by molar-refractivity contribution is -0.123. The van der Waals surface area contributed by atoms with E-state index in [0.717, 1.165) is 48.7 Å². The highest BCUT2D eigenvalue weighted by Gasteiger charge is 2.36. The lowest BCUT2D eigenvalue weighted by Crippen LogP contribution is -2.45. The van der Waals surface area contributed by atoms with E-state index < -0.39 is 0 Å². The van der Waals surface area contributed by atoms with E-state index in [2.05, 4.69) is 20.8 Å². The predicted octanol–water partition coefficient (Wildman–Crippen LogP) is 4.31. The highest BCUT2D eigenvalue weighted by molar-refractivity contribution is 9.10. The molecular formula is C17H21BrFNO. The zero-order chi connectivity index (χ0) is 14.8. The molecule has 1 aromatic carbocycles. The van der Waals surface area contributed by atoms with Gasteiger partial charge in [-0.3, -0.25) is 9.69 Å². The fourth-order valence-electron chi connectivity index (χ4n) is 3.80. The topological polar surface area (TPSA) is 20.3 Å². The van der Waals surface area contributed by atoms with Gasteiger partial charge in [0.05, 0.1) is 0 Å². The zero-order valence-corrected chi connectivity index (χ0v) is 13.7. The van der Waals surface area contributed by atoms with Crippen LogP contribution in [0.3, 0.4) is 0 Å². The van der Waals surface area contributed by atoms with Crippen molar-refractivity contribution in [1.29, 1.82) is 0 Å². The molecule has 1 heterocycles. The minimum absolute atomic E-state index is 0.153. The molecule has 21 heavy (non-hydrogen) atoms. The molecule has 2 nitrogen and oxygen atoms in total. The molecule has 0 spiro atoms. The van der Waals surface area contributed by atoms with Gasteiger partial charge in [-0.1, -0.05) is 22.4 Å². The van der Waals surface area contributed by atoms with Crippen LogP contribution in [0.15, 0.2) is 22.7 Å². The van der Waals surface area contributed by atoms with Crippen LogP contribution >= 0.6 is 15.9 Å². The molecule has 1 aliphatic carbocycles. The Morgan fingerprint density at radius 1 is 1.24 bits per heavy atom. The van der Waals surface area contributed by atoms with Crippen molar-refractivity contribution < 1.29 is 9.18 Å². The molecule has 0 radical (unpaired) electrons. The molecule has 1 aliphatic heterocycles. The third-order valence-corrected chi connectivity index (χ3v) is 5.36. The van der Waals surface area contributed by atoms with Gasteiger partial charge in [0.2, 0.25) is 0 Å². The third-order valence-electron chi connectivity index (χ3n) is 4.86. The zero-order valence-electron chi connectivity index (χ0n) is 12.2. The molecule has 1 saturated carbocycles. The lowest BCUT2D eigenvalue weighted by Gasteiger charge is -2.38. The Balaban J connectivity index is 1.78. The van der Waals surface area contributed by atoms with Crippen LogP contribution in [0.4, 0.5) is 4.39 Å². The number of nitrogens with zero attached hydrogens (tertiary/aromatic N) is 1. The van der Waals surface area contributed by atoms with E-state index in [9.17, 15) is 9.18 Å². The van der Waals surface area contributed by atoms with Crippen molar-refractivity contribution in [2.24, 2.45) is 5.92 Å². The second-order valence-electron chi connectivity index (χ2n) is 6.23. The molecule has 2 unspecified atom stereocenters. The maximum Gasteiger partial charge on any atom is 0.137 e. The number of halogens is 2. The summed E-state index contributed by atoms with van der Waals surface area (Å²) < 4.78 is 14.9. The number of piperidine rings is 1. The number of hydrogen-bond donors (Lipinski definition) is 0. The lowest BCUT2D eigenvalue weighted by atomic mass is 9.88. The molecule has 0 amide bonds. The summed E-state index contributed by atoms with van der Waals surface area (Å²) in [6.45, 7) is 1.58. The molecule has 2 fully saturated rings. The summed E-state index contributed by atoms with van der Waals surface area (Å²) in [5, 5.41) is 0. The molecule has 114 valence electrons. The number of Topliss-reactive ketones (excluding diaryl/α,β-unsaturated/α-hetero) is 1. The van der Waals surface area contributed by atoms with Crippen LogP contribution < -0.4 is 0 Å². The second kappa shape index (κ2) is 6.57. The number of likely N-dealkylation sites (tertiary alicyclic amines) is 1. The number of ketones is 1. The molecule has 3 rings (SSSR count). The van der Waals surface area contributed by atoms with Gasteiger partial charge < -0.3 is 0 Å². The van der Waals surface area contributed by atoms with E-state index in [1.54, 1.807) is 6.07 Å². The second-order valence-corrected chi connectivity index (χ2v) is 7.15. The smallest absolute Gasteiger partial charge is 0.137 e. The fraction of sp³-hybridized carbons (Fsp3) is 0.588. The summed E-state index contributed by atoms with van der Waals surface area (Å²) in [6.07, 6.45) is 6.19. The van der Waals surface area contributed by atoms with E-state index in [1.165, 1.54) is 12.5 Å². The number of hydrogen-bond acceptors (Lipinski definition) is 2. The Morgan fingerprint density at radius 2 is 2.10 bits per heavy atom. The van der Waals surface area contributed by atoms with Crippen LogP contribution in [0, 0.1) is 11.7 Å². The Labute approximate surface area is 133 Å². The number of carbonyl (C=O) groups excluding carboxylic acids is 1. The standard InChI is InChI=1S/C17H21BrFNO/c18-13-7-8-15(19)12(10-13)11-20-9-2-1-5-16(20)14-4-3-6-17(14)21/h7-8,10,14,16H,1-6,9,11H2. The van der Waals surface area contributed by atoms with Gasteiger partial charge in [0.15, 0.2) is 0 Å². The first-order valence-corrected chi connectivity index (χ1v) is 8.65. The van der Waals surface area contributed by atoms with Crippen molar-refractivity contribution in [1.82, 2.24) is 4.90 Å². The fourth-order valence-corrected chi connectivity index (χ4v) is 4.21. The number of carbonyl (C=O) groups is 1. The van der Waals surface area contributed by atoms with Crippen molar-refractivity contribution >= 4 is 21.7 Å². The Hall–Kier alpha value is -0.740. The van der Waals surface area contributed by atoms with Gasteiger partial charge in [0.25, 0.3) is 0 Å². The normalized spacial score (nSPS) is 27.2. The maximum atomic E-state index is 14.0. The van der Waals surface area contributed by atoms with Crippen LogP contribution in [-0.4, -0.2) is 23.3 Å². The predicted molar refractivity (Wildman–Crippen MR) is 84.5 cm³/mol. The first-order chi connectivity index (χ1) is 10.1. The average Bonchev–Trinajstić information content (AvgIpc) is 2.90. The average molecular weight is 354 g/mol. The van der Waals surface area contributed by atoms with Gasteiger partial charge in [0, 0.05) is 35.0 Å². The monoisotopic (exact) mass is 353 g/mol. The third kappa shape index (κ3) is 3.37. The van der Waals surface area contributed by atoms with Crippen molar-refractivity contribution in [2.45, 2.75) is 51.1 Å². The summed E-state index contributed by atoms with van der Waals surface area (Å²) in [5.41, 5.74) is 0.724. The minimum atomic E-state index is -0.153. The molecule has 4 heteroatoms. The van der Waals surface area contributed by atoms with Crippen LogP contribution in [0.2, 0.25) is 0 Å². The highest BCUT2D eigenvalue weighted by atomic mass is 79.9. The summed E-state index contributed by atoms with van der Waals surface area (Å²) in [7, 11) is 0. The van der Waals surface area contributed by atoms with Gasteiger partial charge in [-0.15, -0.1) is 0 Å². The summed E-state index contributed by atoms with van der Waals surface area (Å²) in [5.74, 6) is 0.447. The largest absolute Gasteiger partial charge is 0.299 e. The Kier molecular flexibility index (Phi) is 4.75. The van der Waals surface area contributed by atoms with Gasteiger partial charge in [0.1, 0.15) is 11.6 Å². The van der Waals surface area contributed by atoms with Gasteiger partial charge >= 0.3 is 0 Å². The van der Waals surface area contributed by atoms with Crippen molar-refractivity contribution in [3.05, 3.63) is 34.1 Å². The van der Waals surface area contributed by atoms with E-state index in [1.807, 2.05) is 6.07 Å². The van der Waals surface area contributed by atoms with E-state index >= 15 is 0 Å². The van der Waals surface area contributed by atoms with Crippen LogP contribution in [0.25, 0.3) is 0 Å². The molecular weight excluding hydrogens is 333 g/mol. The van der Waals surface area contributed by atoms with Crippen LogP contribution in [0.1, 0.15) is 44.1 Å². The molecule has 0 N–H and O–H groups in total. The van der Waals surface area contributed by atoms with Gasteiger partial charge in [-0.25, -0.2) is 4.39 Å². The molecule has 1 aromatic rings. The van der Waals surface area contributed by atoms with Gasteiger partial charge in [-0.05, 0) is 50.4 Å². The summed E-state index contributed by atoms with van der Waals surface area (Å²) in [6, 6.07) is 5.41. The van der Waals surface area contributed by atoms with E-state index in [4.69, 9.17) is 0 Å². The molecule has 0 bridgehead atoms. The van der Waals surface area contributed by atoms with Crippen molar-refractivity contribution in [2.75, 3.05) is 6.54 Å². The Bertz CT molecular complexity index is 534. The van der Waals surface area contributed by atoms with Gasteiger partial charge in [-0.2, -0.15) is 0 Å². The molecule has 2 atom stereocenters. The number of rotatable bonds is 3. The van der Waals surface area contributed by atoms with Crippen LogP contribution in [-0.2, 0) is 11.3 Å². The van der Waals surface area contributed by atoms with E-state index in [0.29, 0.717) is 18.4 Å². The maximum absolute atomic E-state index is 14.0. The minimum Gasteiger partial charge on any atom is -0.299 e. The van der Waals surface area contributed by atoms with Crippen molar-refractivity contribution in [3.8, 4) is 0 Å². The molecule has 2 aliphatic rings. The molecule has 1 saturated heterocycles. The first-order valence-electron chi connectivity index (χ1n) is 7.86. The SMILES string of the molecule is O=C1CCCC1C1CCCCN1Cc1cc(Br)ccc1F.